The lowest BCUT2D eigenvalue weighted by Crippen LogP contribution is -2.46. The number of carbonyl (C=O) groups excluding carboxylic acids is 2. The Morgan fingerprint density at radius 1 is 1.13 bits per heavy atom. The molecule has 2 amide bonds. The average Bonchev–Trinajstić information content (AvgIpc) is 2.69. The third-order valence-electron chi connectivity index (χ3n) is 4.61. The lowest BCUT2D eigenvalue weighted by molar-refractivity contribution is -0.124. The van der Waals surface area contributed by atoms with Gasteiger partial charge in [0.05, 0.1) is 17.6 Å². The molecule has 0 unspecified atom stereocenters. The normalized spacial score (nSPS) is 16.0. The third kappa shape index (κ3) is 4.46. The molecular formula is C21H19BrN6O2. The zero-order valence-corrected chi connectivity index (χ0v) is 17.9. The molecule has 2 aromatic carbocycles. The number of aromatic nitrogens is 2. The summed E-state index contributed by atoms with van der Waals surface area (Å²) in [5, 5.41) is 9.29. The summed E-state index contributed by atoms with van der Waals surface area (Å²) < 4.78 is 0.905. The summed E-state index contributed by atoms with van der Waals surface area (Å²) in [7, 11) is 0. The van der Waals surface area contributed by atoms with Crippen molar-refractivity contribution in [3.8, 4) is 0 Å². The fraction of sp³-hybridized carbons (Fsp3) is 0.190. The Morgan fingerprint density at radius 3 is 2.67 bits per heavy atom. The lowest BCUT2D eigenvalue weighted by Gasteiger charge is -2.21. The molecular weight excluding hydrogens is 448 g/mol. The maximum absolute atomic E-state index is 12.6. The van der Waals surface area contributed by atoms with Gasteiger partial charge in [-0.25, -0.2) is 15.0 Å². The van der Waals surface area contributed by atoms with Crippen LogP contribution in [-0.4, -0.2) is 33.8 Å². The van der Waals surface area contributed by atoms with Crippen LogP contribution in [0, 0.1) is 13.8 Å². The van der Waals surface area contributed by atoms with Crippen LogP contribution in [0.5, 0.6) is 0 Å². The molecule has 1 atom stereocenters. The first-order valence-electron chi connectivity index (χ1n) is 9.33. The van der Waals surface area contributed by atoms with Gasteiger partial charge in [-0.3, -0.25) is 20.2 Å². The van der Waals surface area contributed by atoms with Crippen molar-refractivity contribution in [3.63, 3.8) is 0 Å². The number of aryl methyl sites for hydroxylation is 2. The van der Waals surface area contributed by atoms with Gasteiger partial charge in [0, 0.05) is 15.5 Å². The van der Waals surface area contributed by atoms with Crippen molar-refractivity contribution in [2.24, 2.45) is 4.99 Å². The van der Waals surface area contributed by atoms with Gasteiger partial charge in [0.1, 0.15) is 6.04 Å². The van der Waals surface area contributed by atoms with Gasteiger partial charge in [0.25, 0.3) is 0 Å². The van der Waals surface area contributed by atoms with Gasteiger partial charge in [0.2, 0.25) is 23.7 Å². The lowest BCUT2D eigenvalue weighted by atomic mass is 10.1. The van der Waals surface area contributed by atoms with E-state index in [1.54, 1.807) is 12.1 Å². The Bertz CT molecular complexity index is 1180. The highest BCUT2D eigenvalue weighted by Crippen LogP contribution is 2.19. The summed E-state index contributed by atoms with van der Waals surface area (Å²) in [6, 6.07) is 12.3. The summed E-state index contributed by atoms with van der Waals surface area (Å²) in [6.45, 7) is 3.88. The van der Waals surface area contributed by atoms with Crippen molar-refractivity contribution in [3.05, 3.63) is 58.2 Å². The van der Waals surface area contributed by atoms with Gasteiger partial charge >= 0.3 is 0 Å². The standard InChI is InChI=1S/C21H19BrN6O2/c1-11-3-8-15-12(2)23-20(25-16(15)9-11)28-21-26-17(10-18(29)27-21)19(30)24-14-6-4-13(22)5-7-14/h3-9,17H,10H2,1-2H3,(H,24,30)(H2,23,25,26,27,28,29)/t17-/m0/s1. The molecule has 2 heterocycles. The highest BCUT2D eigenvalue weighted by molar-refractivity contribution is 9.10. The minimum absolute atomic E-state index is 0.0374. The van der Waals surface area contributed by atoms with Crippen molar-refractivity contribution < 1.29 is 9.59 Å². The van der Waals surface area contributed by atoms with E-state index >= 15 is 0 Å². The minimum atomic E-state index is -0.853. The second-order valence-electron chi connectivity index (χ2n) is 7.02. The first-order chi connectivity index (χ1) is 14.4. The van der Waals surface area contributed by atoms with Gasteiger partial charge in [-0.15, -0.1) is 0 Å². The summed E-state index contributed by atoms with van der Waals surface area (Å²) in [5.74, 6) is -0.221. The number of guanidine groups is 1. The number of aliphatic imine (C=N–C) groups is 1. The van der Waals surface area contributed by atoms with E-state index in [9.17, 15) is 9.59 Å². The monoisotopic (exact) mass is 466 g/mol. The molecule has 8 nitrogen and oxygen atoms in total. The summed E-state index contributed by atoms with van der Waals surface area (Å²) >= 11 is 3.35. The van der Waals surface area contributed by atoms with E-state index in [0.29, 0.717) is 11.6 Å². The van der Waals surface area contributed by atoms with Crippen LogP contribution in [0.2, 0.25) is 0 Å². The van der Waals surface area contributed by atoms with Crippen molar-refractivity contribution in [2.75, 3.05) is 10.6 Å². The largest absolute Gasteiger partial charge is 0.324 e. The van der Waals surface area contributed by atoms with E-state index in [-0.39, 0.29) is 24.2 Å². The first kappa shape index (κ1) is 20.0. The molecule has 0 saturated carbocycles. The van der Waals surface area contributed by atoms with E-state index in [0.717, 1.165) is 26.6 Å². The highest BCUT2D eigenvalue weighted by atomic mass is 79.9. The topological polar surface area (TPSA) is 108 Å². The molecule has 1 aliphatic heterocycles. The third-order valence-corrected chi connectivity index (χ3v) is 5.14. The molecule has 1 aliphatic rings. The second kappa shape index (κ2) is 8.19. The number of benzene rings is 2. The summed E-state index contributed by atoms with van der Waals surface area (Å²) in [6.07, 6.45) is -0.0374. The number of nitrogens with zero attached hydrogens (tertiary/aromatic N) is 3. The number of carbonyl (C=O) groups is 2. The van der Waals surface area contributed by atoms with Crippen LogP contribution in [0.3, 0.4) is 0 Å². The quantitative estimate of drug-likeness (QED) is 0.548. The molecule has 1 aromatic heterocycles. The van der Waals surface area contributed by atoms with Crippen molar-refractivity contribution in [1.29, 1.82) is 0 Å². The number of hydrogen-bond acceptors (Lipinski definition) is 6. The second-order valence-corrected chi connectivity index (χ2v) is 7.94. The highest BCUT2D eigenvalue weighted by Gasteiger charge is 2.27. The van der Waals surface area contributed by atoms with E-state index in [2.05, 4.69) is 46.8 Å². The molecule has 0 aliphatic carbocycles. The number of fused-ring (bicyclic) bond motifs is 1. The molecule has 4 rings (SSSR count). The summed E-state index contributed by atoms with van der Waals surface area (Å²) in [4.78, 5) is 38.0. The Morgan fingerprint density at radius 2 is 1.90 bits per heavy atom. The number of halogens is 1. The van der Waals surface area contributed by atoms with Gasteiger partial charge in [-0.05, 0) is 49.7 Å². The van der Waals surface area contributed by atoms with Crippen LogP contribution in [0.4, 0.5) is 11.6 Å². The molecule has 152 valence electrons. The average molecular weight is 467 g/mol. The fourth-order valence-corrected chi connectivity index (χ4v) is 3.39. The predicted molar refractivity (Wildman–Crippen MR) is 119 cm³/mol. The fourth-order valence-electron chi connectivity index (χ4n) is 3.13. The number of hydrogen-bond donors (Lipinski definition) is 3. The molecule has 0 bridgehead atoms. The predicted octanol–water partition coefficient (Wildman–Crippen LogP) is 3.30. The smallest absolute Gasteiger partial charge is 0.249 e. The van der Waals surface area contributed by atoms with E-state index < -0.39 is 6.04 Å². The number of nitrogens with one attached hydrogen (secondary N) is 3. The zero-order chi connectivity index (χ0) is 21.3. The maximum Gasteiger partial charge on any atom is 0.249 e. The van der Waals surface area contributed by atoms with Crippen molar-refractivity contribution in [1.82, 2.24) is 15.3 Å². The molecule has 3 aromatic rings. The number of anilines is 2. The van der Waals surface area contributed by atoms with Crippen molar-refractivity contribution >= 4 is 56.2 Å². The van der Waals surface area contributed by atoms with Crippen LogP contribution in [0.15, 0.2) is 51.9 Å². The molecule has 0 radical (unpaired) electrons. The van der Waals surface area contributed by atoms with Crippen molar-refractivity contribution in [2.45, 2.75) is 26.3 Å². The Balaban J connectivity index is 1.55. The Labute approximate surface area is 181 Å². The minimum Gasteiger partial charge on any atom is -0.324 e. The molecule has 3 N–H and O–H groups in total. The van der Waals surface area contributed by atoms with Crippen LogP contribution in [0.25, 0.3) is 10.9 Å². The Hall–Kier alpha value is -3.33. The Kier molecular flexibility index (Phi) is 5.45. The van der Waals surface area contributed by atoms with Gasteiger partial charge in [-0.2, -0.15) is 0 Å². The van der Waals surface area contributed by atoms with Gasteiger partial charge in [-0.1, -0.05) is 28.1 Å². The molecule has 0 fully saturated rings. The van der Waals surface area contributed by atoms with Crippen LogP contribution in [0.1, 0.15) is 17.7 Å². The van der Waals surface area contributed by atoms with Crippen LogP contribution < -0.4 is 16.0 Å². The number of rotatable bonds is 3. The maximum atomic E-state index is 12.6. The first-order valence-corrected chi connectivity index (χ1v) is 10.1. The van der Waals surface area contributed by atoms with Crippen LogP contribution >= 0.6 is 15.9 Å². The van der Waals surface area contributed by atoms with Crippen LogP contribution in [-0.2, 0) is 9.59 Å². The molecule has 0 saturated heterocycles. The molecule has 9 heteroatoms. The van der Waals surface area contributed by atoms with Gasteiger partial charge < -0.3 is 5.32 Å². The van der Waals surface area contributed by atoms with Gasteiger partial charge in [0.15, 0.2) is 0 Å². The SMILES string of the molecule is Cc1ccc2c(C)nc(NC3=N[C@H](C(=O)Nc4ccc(Br)cc4)CC(=O)N3)nc2c1. The molecule has 0 spiro atoms. The number of amides is 2. The van der Waals surface area contributed by atoms with E-state index in [1.165, 1.54) is 0 Å². The summed E-state index contributed by atoms with van der Waals surface area (Å²) in [5.41, 5.74) is 3.30. The van der Waals surface area contributed by atoms with E-state index in [4.69, 9.17) is 0 Å². The molecule has 30 heavy (non-hydrogen) atoms. The van der Waals surface area contributed by atoms with E-state index in [1.807, 2.05) is 44.2 Å². The zero-order valence-electron chi connectivity index (χ0n) is 16.4.